The standard InChI is InChI=1S/C17H20F2N2O3/c1-8(22)15(21-16(23)9-5-6-9)17(24)20-13-7-10(13)14-11(18)3-2-4-12(14)19/h2-4,8-10,13,15,22H,5-7H2,1H3,(H,20,24)(H,21,23). The topological polar surface area (TPSA) is 78.4 Å². The fourth-order valence-electron chi connectivity index (χ4n) is 2.83. The summed E-state index contributed by atoms with van der Waals surface area (Å²) in [4.78, 5) is 24.1. The molecule has 0 aromatic heterocycles. The predicted molar refractivity (Wildman–Crippen MR) is 82.0 cm³/mol. The van der Waals surface area contributed by atoms with Crippen molar-refractivity contribution in [3.63, 3.8) is 0 Å². The molecule has 0 saturated heterocycles. The van der Waals surface area contributed by atoms with E-state index in [0.717, 1.165) is 12.8 Å². The highest BCUT2D eigenvalue weighted by Gasteiger charge is 2.44. The second-order valence-electron chi connectivity index (χ2n) is 6.59. The zero-order valence-electron chi connectivity index (χ0n) is 13.3. The fraction of sp³-hybridized carbons (Fsp3) is 0.529. The van der Waals surface area contributed by atoms with Crippen molar-refractivity contribution in [3.05, 3.63) is 35.4 Å². The van der Waals surface area contributed by atoms with E-state index in [1.54, 1.807) is 0 Å². The molecule has 0 radical (unpaired) electrons. The van der Waals surface area contributed by atoms with E-state index in [2.05, 4.69) is 10.6 Å². The van der Waals surface area contributed by atoms with Gasteiger partial charge in [-0.25, -0.2) is 8.78 Å². The molecule has 3 rings (SSSR count). The summed E-state index contributed by atoms with van der Waals surface area (Å²) in [5, 5.41) is 14.9. The van der Waals surface area contributed by atoms with Crippen molar-refractivity contribution in [1.29, 1.82) is 0 Å². The van der Waals surface area contributed by atoms with Crippen molar-refractivity contribution in [2.24, 2.45) is 5.92 Å². The Labute approximate surface area is 138 Å². The molecule has 0 bridgehead atoms. The molecule has 130 valence electrons. The van der Waals surface area contributed by atoms with Crippen LogP contribution in [0.3, 0.4) is 0 Å². The van der Waals surface area contributed by atoms with Gasteiger partial charge in [-0.05, 0) is 38.3 Å². The highest BCUT2D eigenvalue weighted by Crippen LogP contribution is 2.43. The third kappa shape index (κ3) is 3.56. The first-order valence-corrected chi connectivity index (χ1v) is 8.11. The average Bonchev–Trinajstić information content (AvgIpc) is 3.39. The molecule has 1 aromatic carbocycles. The number of aliphatic hydroxyl groups is 1. The Balaban J connectivity index is 1.61. The van der Waals surface area contributed by atoms with Crippen molar-refractivity contribution in [2.45, 2.75) is 50.3 Å². The molecule has 0 aliphatic heterocycles. The van der Waals surface area contributed by atoms with Gasteiger partial charge in [-0.2, -0.15) is 0 Å². The number of carbonyl (C=O) groups is 2. The minimum atomic E-state index is -1.06. The van der Waals surface area contributed by atoms with Gasteiger partial charge in [0.1, 0.15) is 17.7 Å². The maximum atomic E-state index is 13.8. The third-order valence-electron chi connectivity index (χ3n) is 4.50. The van der Waals surface area contributed by atoms with Crippen LogP contribution < -0.4 is 10.6 Å². The lowest BCUT2D eigenvalue weighted by atomic mass is 10.1. The lowest BCUT2D eigenvalue weighted by molar-refractivity contribution is -0.132. The van der Waals surface area contributed by atoms with Crippen LogP contribution in [0.25, 0.3) is 0 Å². The lowest BCUT2D eigenvalue weighted by Gasteiger charge is -2.21. The Hall–Kier alpha value is -2.02. The minimum Gasteiger partial charge on any atom is -0.391 e. The van der Waals surface area contributed by atoms with Crippen LogP contribution in [0, 0.1) is 17.6 Å². The molecule has 7 heteroatoms. The minimum absolute atomic E-state index is 0.0292. The maximum absolute atomic E-state index is 13.8. The second kappa shape index (κ2) is 6.47. The van der Waals surface area contributed by atoms with E-state index < -0.39 is 41.6 Å². The number of hydrogen-bond donors (Lipinski definition) is 3. The molecule has 0 spiro atoms. The van der Waals surface area contributed by atoms with E-state index in [9.17, 15) is 23.5 Å². The van der Waals surface area contributed by atoms with Gasteiger partial charge in [-0.1, -0.05) is 6.07 Å². The first kappa shape index (κ1) is 16.8. The van der Waals surface area contributed by atoms with Crippen LogP contribution in [0.5, 0.6) is 0 Å². The molecule has 1 aromatic rings. The Bertz CT molecular complexity index is 641. The van der Waals surface area contributed by atoms with Crippen LogP contribution in [0.1, 0.15) is 37.7 Å². The Kier molecular flexibility index (Phi) is 4.54. The first-order valence-electron chi connectivity index (χ1n) is 8.11. The third-order valence-corrected chi connectivity index (χ3v) is 4.50. The molecule has 4 atom stereocenters. The number of carbonyl (C=O) groups excluding carboxylic acids is 2. The van der Waals surface area contributed by atoms with E-state index in [-0.39, 0.29) is 17.4 Å². The summed E-state index contributed by atoms with van der Waals surface area (Å²) in [7, 11) is 0. The number of nitrogens with one attached hydrogen (secondary N) is 2. The number of rotatable bonds is 6. The van der Waals surface area contributed by atoms with E-state index in [1.807, 2.05) is 0 Å². The predicted octanol–water partition coefficient (Wildman–Crippen LogP) is 1.21. The smallest absolute Gasteiger partial charge is 0.245 e. The normalized spacial score (nSPS) is 24.8. The average molecular weight is 338 g/mol. The van der Waals surface area contributed by atoms with Crippen LogP contribution in [0.2, 0.25) is 0 Å². The lowest BCUT2D eigenvalue weighted by Crippen LogP contribution is -2.53. The monoisotopic (exact) mass is 338 g/mol. The van der Waals surface area contributed by atoms with Crippen LogP contribution in [-0.2, 0) is 9.59 Å². The molecule has 5 nitrogen and oxygen atoms in total. The summed E-state index contributed by atoms with van der Waals surface area (Å²) in [5.74, 6) is -2.56. The van der Waals surface area contributed by atoms with Gasteiger partial charge in [-0.3, -0.25) is 9.59 Å². The van der Waals surface area contributed by atoms with Crippen molar-refractivity contribution in [3.8, 4) is 0 Å². The van der Waals surface area contributed by atoms with E-state index in [1.165, 1.54) is 25.1 Å². The highest BCUT2D eigenvalue weighted by atomic mass is 19.1. The van der Waals surface area contributed by atoms with Crippen molar-refractivity contribution in [1.82, 2.24) is 10.6 Å². The van der Waals surface area contributed by atoms with Gasteiger partial charge in [-0.15, -0.1) is 0 Å². The Morgan fingerprint density at radius 1 is 1.25 bits per heavy atom. The van der Waals surface area contributed by atoms with Gasteiger partial charge in [0.25, 0.3) is 0 Å². The molecule has 0 heterocycles. The number of halogens is 2. The quantitative estimate of drug-likeness (QED) is 0.730. The van der Waals surface area contributed by atoms with E-state index in [0.29, 0.717) is 6.42 Å². The van der Waals surface area contributed by atoms with Crippen molar-refractivity contribution >= 4 is 11.8 Å². The van der Waals surface area contributed by atoms with Gasteiger partial charge >= 0.3 is 0 Å². The Morgan fingerprint density at radius 3 is 2.42 bits per heavy atom. The van der Waals surface area contributed by atoms with Crippen LogP contribution in [0.15, 0.2) is 18.2 Å². The SMILES string of the molecule is CC(O)C(NC(=O)C1CC1)C(=O)NC1CC1c1c(F)cccc1F. The molecular weight excluding hydrogens is 318 g/mol. The van der Waals surface area contributed by atoms with Crippen molar-refractivity contribution in [2.75, 3.05) is 0 Å². The summed E-state index contributed by atoms with van der Waals surface area (Å²) in [6, 6.07) is 2.20. The summed E-state index contributed by atoms with van der Waals surface area (Å²) >= 11 is 0. The molecule has 2 fully saturated rings. The van der Waals surface area contributed by atoms with Gasteiger partial charge in [0.05, 0.1) is 6.10 Å². The maximum Gasteiger partial charge on any atom is 0.245 e. The van der Waals surface area contributed by atoms with Gasteiger partial charge in [0, 0.05) is 23.4 Å². The number of amides is 2. The van der Waals surface area contributed by atoms with Crippen LogP contribution in [-0.4, -0.2) is 35.1 Å². The second-order valence-corrected chi connectivity index (χ2v) is 6.59. The molecule has 2 aliphatic carbocycles. The van der Waals surface area contributed by atoms with Crippen LogP contribution in [0.4, 0.5) is 8.78 Å². The Morgan fingerprint density at radius 2 is 1.88 bits per heavy atom. The summed E-state index contributed by atoms with van der Waals surface area (Å²) in [5.41, 5.74) is -0.0292. The highest BCUT2D eigenvalue weighted by molar-refractivity contribution is 5.90. The number of hydrogen-bond acceptors (Lipinski definition) is 3. The molecule has 2 saturated carbocycles. The van der Waals surface area contributed by atoms with E-state index >= 15 is 0 Å². The largest absolute Gasteiger partial charge is 0.391 e. The molecular formula is C17H20F2N2O3. The summed E-state index contributed by atoms with van der Waals surface area (Å²) in [6.07, 6.45) is 0.941. The van der Waals surface area contributed by atoms with Crippen LogP contribution >= 0.6 is 0 Å². The van der Waals surface area contributed by atoms with Gasteiger partial charge in [0.15, 0.2) is 0 Å². The number of benzene rings is 1. The zero-order valence-corrected chi connectivity index (χ0v) is 13.3. The molecule has 24 heavy (non-hydrogen) atoms. The molecule has 4 unspecified atom stereocenters. The summed E-state index contributed by atoms with van der Waals surface area (Å²) < 4.78 is 27.5. The number of aliphatic hydroxyl groups excluding tert-OH is 1. The zero-order chi connectivity index (χ0) is 17.4. The van der Waals surface area contributed by atoms with E-state index in [4.69, 9.17) is 0 Å². The molecule has 3 N–H and O–H groups in total. The molecule has 2 amide bonds. The molecule has 2 aliphatic rings. The fourth-order valence-corrected chi connectivity index (χ4v) is 2.83. The van der Waals surface area contributed by atoms with Crippen molar-refractivity contribution < 1.29 is 23.5 Å². The van der Waals surface area contributed by atoms with Gasteiger partial charge in [0.2, 0.25) is 11.8 Å². The summed E-state index contributed by atoms with van der Waals surface area (Å²) in [6.45, 7) is 1.42. The van der Waals surface area contributed by atoms with Gasteiger partial charge < -0.3 is 15.7 Å². The first-order chi connectivity index (χ1) is 11.4.